The molecule has 0 bridgehead atoms. The molecule has 0 N–H and O–H groups in total. The SMILES string of the molecule is CCC1CCCN(c2ccc(CBr)cc2[N+](=O)[O-])CC1. The Morgan fingerprint density at radius 1 is 1.40 bits per heavy atom. The average Bonchev–Trinajstić information content (AvgIpc) is 2.71. The molecule has 0 aromatic heterocycles. The van der Waals surface area contributed by atoms with Gasteiger partial charge in [0.05, 0.1) is 4.92 Å². The summed E-state index contributed by atoms with van der Waals surface area (Å²) in [5.41, 5.74) is 1.95. The number of rotatable bonds is 4. The second-order valence-electron chi connectivity index (χ2n) is 5.41. The fraction of sp³-hybridized carbons (Fsp3) is 0.600. The number of hydrogen-bond acceptors (Lipinski definition) is 3. The first-order valence-electron chi connectivity index (χ1n) is 7.24. The summed E-state index contributed by atoms with van der Waals surface area (Å²) < 4.78 is 0. The minimum Gasteiger partial charge on any atom is -0.366 e. The van der Waals surface area contributed by atoms with E-state index in [0.29, 0.717) is 5.33 Å². The van der Waals surface area contributed by atoms with E-state index >= 15 is 0 Å². The van der Waals surface area contributed by atoms with Crippen LogP contribution in [0, 0.1) is 16.0 Å². The predicted octanol–water partition coefficient (Wildman–Crippen LogP) is 4.51. The highest BCUT2D eigenvalue weighted by atomic mass is 79.9. The molecule has 110 valence electrons. The summed E-state index contributed by atoms with van der Waals surface area (Å²) in [5.74, 6) is 0.765. The highest BCUT2D eigenvalue weighted by Crippen LogP contribution is 2.32. The van der Waals surface area contributed by atoms with Gasteiger partial charge in [0.1, 0.15) is 5.69 Å². The average molecular weight is 341 g/mol. The van der Waals surface area contributed by atoms with E-state index in [0.717, 1.165) is 43.1 Å². The van der Waals surface area contributed by atoms with Gasteiger partial charge in [-0.25, -0.2) is 0 Å². The van der Waals surface area contributed by atoms with Gasteiger partial charge in [-0.2, -0.15) is 0 Å². The molecule has 1 aliphatic rings. The van der Waals surface area contributed by atoms with Crippen LogP contribution < -0.4 is 4.90 Å². The third-order valence-corrected chi connectivity index (χ3v) is 4.80. The second kappa shape index (κ2) is 7.07. The monoisotopic (exact) mass is 340 g/mol. The van der Waals surface area contributed by atoms with E-state index in [4.69, 9.17) is 0 Å². The lowest BCUT2D eigenvalue weighted by atomic mass is 9.98. The van der Waals surface area contributed by atoms with Crippen molar-refractivity contribution in [3.63, 3.8) is 0 Å². The van der Waals surface area contributed by atoms with Gasteiger partial charge in [0.15, 0.2) is 0 Å². The van der Waals surface area contributed by atoms with E-state index in [9.17, 15) is 10.1 Å². The molecule has 1 atom stereocenters. The largest absolute Gasteiger partial charge is 0.366 e. The zero-order valence-electron chi connectivity index (χ0n) is 11.8. The van der Waals surface area contributed by atoms with Crippen molar-refractivity contribution in [3.8, 4) is 0 Å². The second-order valence-corrected chi connectivity index (χ2v) is 5.97. The Balaban J connectivity index is 2.25. The van der Waals surface area contributed by atoms with Crippen molar-refractivity contribution < 1.29 is 4.92 Å². The Morgan fingerprint density at radius 2 is 2.20 bits per heavy atom. The lowest BCUT2D eigenvalue weighted by Gasteiger charge is -2.22. The number of nitrogens with zero attached hydrogens (tertiary/aromatic N) is 2. The van der Waals surface area contributed by atoms with Crippen molar-refractivity contribution in [1.82, 2.24) is 0 Å². The summed E-state index contributed by atoms with van der Waals surface area (Å²) in [5, 5.41) is 11.9. The van der Waals surface area contributed by atoms with E-state index in [2.05, 4.69) is 27.8 Å². The van der Waals surface area contributed by atoms with Crippen molar-refractivity contribution in [3.05, 3.63) is 33.9 Å². The summed E-state index contributed by atoms with van der Waals surface area (Å²) in [4.78, 5) is 13.2. The van der Waals surface area contributed by atoms with Crippen molar-refractivity contribution in [2.24, 2.45) is 5.92 Å². The molecule has 0 aliphatic carbocycles. The smallest absolute Gasteiger partial charge is 0.292 e. The van der Waals surface area contributed by atoms with Crippen LogP contribution >= 0.6 is 15.9 Å². The molecule has 1 unspecified atom stereocenters. The Labute approximate surface area is 128 Å². The Kier molecular flexibility index (Phi) is 5.40. The normalized spacial score (nSPS) is 19.7. The Hall–Kier alpha value is -1.10. The highest BCUT2D eigenvalue weighted by molar-refractivity contribution is 9.08. The van der Waals surface area contributed by atoms with E-state index in [-0.39, 0.29) is 10.6 Å². The fourth-order valence-electron chi connectivity index (χ4n) is 2.88. The molecule has 1 aliphatic heterocycles. The van der Waals surface area contributed by atoms with E-state index in [1.807, 2.05) is 12.1 Å². The maximum atomic E-state index is 11.3. The summed E-state index contributed by atoms with van der Waals surface area (Å²) in [6.45, 7) is 4.07. The summed E-state index contributed by atoms with van der Waals surface area (Å²) >= 11 is 3.35. The molecule has 1 aromatic rings. The topological polar surface area (TPSA) is 46.4 Å². The Bertz CT molecular complexity index is 479. The molecule has 1 saturated heterocycles. The maximum absolute atomic E-state index is 11.3. The zero-order valence-corrected chi connectivity index (χ0v) is 13.4. The van der Waals surface area contributed by atoms with Crippen molar-refractivity contribution in [2.75, 3.05) is 18.0 Å². The lowest BCUT2D eigenvalue weighted by Crippen LogP contribution is -2.25. The van der Waals surface area contributed by atoms with Crippen LogP contribution in [0.1, 0.15) is 38.2 Å². The molecule has 1 aromatic carbocycles. The van der Waals surface area contributed by atoms with Gasteiger partial charge in [0, 0.05) is 24.5 Å². The number of hydrogen-bond donors (Lipinski definition) is 0. The molecule has 4 nitrogen and oxygen atoms in total. The van der Waals surface area contributed by atoms with E-state index in [1.54, 1.807) is 6.07 Å². The first-order chi connectivity index (χ1) is 9.65. The molecule has 20 heavy (non-hydrogen) atoms. The quantitative estimate of drug-likeness (QED) is 0.460. The summed E-state index contributed by atoms with van der Waals surface area (Å²) in [6.07, 6.45) is 4.70. The highest BCUT2D eigenvalue weighted by Gasteiger charge is 2.22. The van der Waals surface area contributed by atoms with Gasteiger partial charge in [0.25, 0.3) is 5.69 Å². The van der Waals surface area contributed by atoms with Gasteiger partial charge >= 0.3 is 0 Å². The van der Waals surface area contributed by atoms with Gasteiger partial charge in [0.2, 0.25) is 0 Å². The van der Waals surface area contributed by atoms with E-state index in [1.165, 1.54) is 12.8 Å². The molecule has 1 fully saturated rings. The van der Waals surface area contributed by atoms with Crippen LogP contribution in [0.5, 0.6) is 0 Å². The molecule has 5 heteroatoms. The minimum absolute atomic E-state index is 0.233. The van der Waals surface area contributed by atoms with Crippen LogP contribution in [-0.4, -0.2) is 18.0 Å². The van der Waals surface area contributed by atoms with Crippen molar-refractivity contribution >= 4 is 27.3 Å². The first kappa shape index (κ1) is 15.3. The molecular formula is C15H21BrN2O2. The molecular weight excluding hydrogens is 320 g/mol. The van der Waals surface area contributed by atoms with Crippen LogP contribution in [0.4, 0.5) is 11.4 Å². The van der Waals surface area contributed by atoms with Gasteiger partial charge in [-0.1, -0.05) is 35.3 Å². The molecule has 0 amide bonds. The number of nitro groups is 1. The number of nitro benzene ring substituents is 1. The standard InChI is InChI=1S/C15H21BrN2O2/c1-2-12-4-3-8-17(9-7-12)14-6-5-13(11-16)10-15(14)18(19)20/h5-6,10,12H,2-4,7-9,11H2,1H3. The van der Waals surface area contributed by atoms with Crippen LogP contribution in [-0.2, 0) is 5.33 Å². The zero-order chi connectivity index (χ0) is 14.5. The minimum atomic E-state index is -0.260. The van der Waals surface area contributed by atoms with E-state index < -0.39 is 0 Å². The van der Waals surface area contributed by atoms with Gasteiger partial charge in [-0.15, -0.1) is 0 Å². The maximum Gasteiger partial charge on any atom is 0.292 e. The molecule has 0 saturated carbocycles. The van der Waals surface area contributed by atoms with Crippen molar-refractivity contribution in [1.29, 1.82) is 0 Å². The van der Waals surface area contributed by atoms with Gasteiger partial charge in [-0.05, 0) is 36.8 Å². The number of halogens is 1. The molecule has 0 radical (unpaired) electrons. The first-order valence-corrected chi connectivity index (χ1v) is 8.36. The molecule has 1 heterocycles. The van der Waals surface area contributed by atoms with Crippen LogP contribution in [0.25, 0.3) is 0 Å². The number of anilines is 1. The number of alkyl halides is 1. The third kappa shape index (κ3) is 3.51. The summed E-state index contributed by atoms with van der Waals surface area (Å²) in [6, 6.07) is 5.56. The van der Waals surface area contributed by atoms with Crippen LogP contribution in [0.2, 0.25) is 0 Å². The molecule has 2 rings (SSSR count). The van der Waals surface area contributed by atoms with Crippen LogP contribution in [0.3, 0.4) is 0 Å². The fourth-order valence-corrected chi connectivity index (χ4v) is 3.23. The van der Waals surface area contributed by atoms with Crippen molar-refractivity contribution in [2.45, 2.75) is 37.9 Å². The molecule has 0 spiro atoms. The predicted molar refractivity (Wildman–Crippen MR) is 85.6 cm³/mol. The lowest BCUT2D eigenvalue weighted by molar-refractivity contribution is -0.384. The summed E-state index contributed by atoms with van der Waals surface area (Å²) in [7, 11) is 0. The third-order valence-electron chi connectivity index (χ3n) is 4.16. The van der Waals surface area contributed by atoms with Crippen LogP contribution in [0.15, 0.2) is 18.2 Å². The van der Waals surface area contributed by atoms with Gasteiger partial charge in [-0.3, -0.25) is 10.1 Å². The number of benzene rings is 1. The Morgan fingerprint density at radius 3 is 2.85 bits per heavy atom. The van der Waals surface area contributed by atoms with Gasteiger partial charge < -0.3 is 4.90 Å².